The molecule has 1 atom stereocenters. The highest BCUT2D eigenvalue weighted by Crippen LogP contribution is 2.14. The first-order valence-corrected chi connectivity index (χ1v) is 8.25. The number of ether oxygens (including phenoxy) is 2. The number of aromatic nitrogens is 1. The van der Waals surface area contributed by atoms with Gasteiger partial charge in [-0.3, -0.25) is 0 Å². The predicted molar refractivity (Wildman–Crippen MR) is 105 cm³/mol. The lowest BCUT2D eigenvalue weighted by Crippen LogP contribution is -2.37. The van der Waals surface area contributed by atoms with Gasteiger partial charge in [0.25, 0.3) is 0 Å². The molecular formula is C16H26IN5O2. The molecule has 2 fully saturated rings. The van der Waals surface area contributed by atoms with Crippen molar-refractivity contribution in [1.82, 2.24) is 10.3 Å². The van der Waals surface area contributed by atoms with Gasteiger partial charge in [0.1, 0.15) is 5.82 Å². The predicted octanol–water partition coefficient (Wildman–Crippen LogP) is 1.12. The molecule has 1 unspecified atom stereocenters. The van der Waals surface area contributed by atoms with E-state index in [9.17, 15) is 0 Å². The van der Waals surface area contributed by atoms with Crippen LogP contribution >= 0.6 is 24.0 Å². The summed E-state index contributed by atoms with van der Waals surface area (Å²) < 4.78 is 10.9. The Morgan fingerprint density at radius 2 is 2.17 bits per heavy atom. The Morgan fingerprint density at radius 1 is 1.33 bits per heavy atom. The Balaban J connectivity index is 0.00000208. The second kappa shape index (κ2) is 10.00. The van der Waals surface area contributed by atoms with Crippen LogP contribution in [0.3, 0.4) is 0 Å². The van der Waals surface area contributed by atoms with Gasteiger partial charge in [0.05, 0.1) is 31.6 Å². The lowest BCUT2D eigenvalue weighted by molar-refractivity contribution is 0.114. The molecule has 2 aliphatic rings. The molecule has 1 aromatic rings. The van der Waals surface area contributed by atoms with Gasteiger partial charge in [0, 0.05) is 26.2 Å². The number of nitrogens with two attached hydrogens (primary N) is 1. The molecule has 7 nitrogen and oxygen atoms in total. The molecule has 2 aliphatic heterocycles. The van der Waals surface area contributed by atoms with Crippen LogP contribution in [0.4, 0.5) is 5.82 Å². The van der Waals surface area contributed by atoms with Crippen molar-refractivity contribution in [2.24, 2.45) is 10.7 Å². The highest BCUT2D eigenvalue weighted by molar-refractivity contribution is 14.0. The van der Waals surface area contributed by atoms with Crippen molar-refractivity contribution in [3.05, 3.63) is 23.9 Å². The lowest BCUT2D eigenvalue weighted by Gasteiger charge is -2.27. The fourth-order valence-corrected chi connectivity index (χ4v) is 2.77. The van der Waals surface area contributed by atoms with Gasteiger partial charge in [-0.2, -0.15) is 0 Å². The third-order valence-electron chi connectivity index (χ3n) is 4.07. The van der Waals surface area contributed by atoms with E-state index in [0.717, 1.165) is 63.8 Å². The van der Waals surface area contributed by atoms with Gasteiger partial charge in [-0.05, 0) is 25.0 Å². The Labute approximate surface area is 160 Å². The number of aliphatic imine (C=N–C) groups is 1. The quantitative estimate of drug-likeness (QED) is 0.400. The first-order chi connectivity index (χ1) is 11.3. The molecule has 24 heavy (non-hydrogen) atoms. The molecule has 0 saturated carbocycles. The van der Waals surface area contributed by atoms with Crippen LogP contribution in [0.15, 0.2) is 23.2 Å². The molecule has 2 saturated heterocycles. The molecule has 8 heteroatoms. The number of nitrogens with zero attached hydrogens (tertiary/aromatic N) is 3. The highest BCUT2D eigenvalue weighted by Gasteiger charge is 2.15. The van der Waals surface area contributed by atoms with Crippen molar-refractivity contribution in [1.29, 1.82) is 0 Å². The Morgan fingerprint density at radius 3 is 2.92 bits per heavy atom. The van der Waals surface area contributed by atoms with E-state index in [2.05, 4.69) is 20.2 Å². The van der Waals surface area contributed by atoms with Crippen LogP contribution in [-0.2, 0) is 16.0 Å². The van der Waals surface area contributed by atoms with Crippen LogP contribution in [0.25, 0.3) is 0 Å². The summed E-state index contributed by atoms with van der Waals surface area (Å²) in [5.41, 5.74) is 6.82. The van der Waals surface area contributed by atoms with E-state index in [-0.39, 0.29) is 30.1 Å². The van der Waals surface area contributed by atoms with Crippen molar-refractivity contribution >= 4 is 35.8 Å². The second-order valence-corrected chi connectivity index (χ2v) is 5.80. The van der Waals surface area contributed by atoms with Crippen LogP contribution in [-0.4, -0.2) is 56.5 Å². The number of pyridine rings is 1. The maximum atomic E-state index is 5.91. The summed E-state index contributed by atoms with van der Waals surface area (Å²) in [4.78, 5) is 11.3. The molecule has 0 bridgehead atoms. The maximum absolute atomic E-state index is 5.91. The molecule has 0 aliphatic carbocycles. The zero-order valence-corrected chi connectivity index (χ0v) is 16.1. The normalized spacial score (nSPS) is 21.4. The summed E-state index contributed by atoms with van der Waals surface area (Å²) in [6.07, 6.45) is 2.47. The minimum Gasteiger partial charge on any atom is -0.378 e. The van der Waals surface area contributed by atoms with Crippen molar-refractivity contribution in [2.45, 2.75) is 25.5 Å². The average molecular weight is 447 g/mol. The first-order valence-electron chi connectivity index (χ1n) is 8.25. The molecule has 1 aromatic heterocycles. The smallest absolute Gasteiger partial charge is 0.189 e. The fraction of sp³-hybridized carbons (Fsp3) is 0.625. The van der Waals surface area contributed by atoms with Gasteiger partial charge in [0.15, 0.2) is 5.96 Å². The third kappa shape index (κ3) is 5.75. The fourth-order valence-electron chi connectivity index (χ4n) is 2.77. The van der Waals surface area contributed by atoms with Gasteiger partial charge in [-0.1, -0.05) is 6.07 Å². The summed E-state index contributed by atoms with van der Waals surface area (Å²) in [5.74, 6) is 1.42. The van der Waals surface area contributed by atoms with E-state index in [1.807, 2.05) is 18.2 Å². The molecule has 0 spiro atoms. The van der Waals surface area contributed by atoms with Crippen LogP contribution in [0.2, 0.25) is 0 Å². The van der Waals surface area contributed by atoms with E-state index >= 15 is 0 Å². The number of anilines is 1. The van der Waals surface area contributed by atoms with E-state index < -0.39 is 0 Å². The van der Waals surface area contributed by atoms with Crippen LogP contribution < -0.4 is 16.0 Å². The van der Waals surface area contributed by atoms with Gasteiger partial charge in [-0.15, -0.1) is 24.0 Å². The second-order valence-electron chi connectivity index (χ2n) is 5.80. The number of morpholine rings is 1. The number of guanidine groups is 1. The lowest BCUT2D eigenvalue weighted by atomic mass is 10.2. The Kier molecular flexibility index (Phi) is 8.00. The molecule has 0 aromatic carbocycles. The van der Waals surface area contributed by atoms with Crippen LogP contribution in [0.1, 0.15) is 18.5 Å². The van der Waals surface area contributed by atoms with Gasteiger partial charge >= 0.3 is 0 Å². The third-order valence-corrected chi connectivity index (χ3v) is 4.07. The maximum Gasteiger partial charge on any atom is 0.189 e. The van der Waals surface area contributed by atoms with Crippen LogP contribution in [0, 0.1) is 0 Å². The van der Waals surface area contributed by atoms with Gasteiger partial charge in [-0.25, -0.2) is 9.98 Å². The summed E-state index contributed by atoms with van der Waals surface area (Å²) in [6, 6.07) is 6.01. The summed E-state index contributed by atoms with van der Waals surface area (Å²) >= 11 is 0. The zero-order valence-electron chi connectivity index (χ0n) is 13.8. The molecule has 0 radical (unpaired) electrons. The average Bonchev–Trinajstić information content (AvgIpc) is 3.13. The molecule has 0 amide bonds. The summed E-state index contributed by atoms with van der Waals surface area (Å²) in [6.45, 7) is 5.31. The topological polar surface area (TPSA) is 85.0 Å². The molecule has 3 heterocycles. The van der Waals surface area contributed by atoms with E-state index in [4.69, 9.17) is 15.2 Å². The van der Waals surface area contributed by atoms with Crippen molar-refractivity contribution < 1.29 is 9.47 Å². The van der Waals surface area contributed by atoms with Crippen LogP contribution in [0.5, 0.6) is 0 Å². The number of halogens is 1. The summed E-state index contributed by atoms with van der Waals surface area (Å²) in [5, 5.41) is 3.12. The van der Waals surface area contributed by atoms with Gasteiger partial charge in [0.2, 0.25) is 0 Å². The molecule has 3 rings (SSSR count). The SMILES string of the molecule is I.NC(=NCc1cccc(N2CCOCC2)n1)NCC1CCCO1. The summed E-state index contributed by atoms with van der Waals surface area (Å²) in [7, 11) is 0. The van der Waals surface area contributed by atoms with E-state index in [1.54, 1.807) is 0 Å². The monoisotopic (exact) mass is 447 g/mol. The first kappa shape index (κ1) is 19.2. The Bertz CT molecular complexity index is 531. The molecule has 134 valence electrons. The standard InChI is InChI=1S/C16H25N5O2.HI/c17-16(19-12-14-4-2-8-23-14)18-11-13-3-1-5-15(20-13)21-6-9-22-10-7-21;/h1,3,5,14H,2,4,6-12H2,(H3,17,18,19);1H. The number of rotatable bonds is 5. The molecule has 3 N–H and O–H groups in total. The van der Waals surface area contributed by atoms with E-state index in [1.165, 1.54) is 0 Å². The van der Waals surface area contributed by atoms with Crippen molar-refractivity contribution in [2.75, 3.05) is 44.4 Å². The van der Waals surface area contributed by atoms with Crippen molar-refractivity contribution in [3.8, 4) is 0 Å². The number of hydrogen-bond donors (Lipinski definition) is 2. The number of nitrogens with one attached hydrogen (secondary N) is 1. The number of hydrogen-bond acceptors (Lipinski definition) is 5. The van der Waals surface area contributed by atoms with Crippen molar-refractivity contribution in [3.63, 3.8) is 0 Å². The Hall–Kier alpha value is -1.13. The zero-order chi connectivity index (χ0) is 15.9. The van der Waals surface area contributed by atoms with Gasteiger partial charge < -0.3 is 25.4 Å². The minimum absolute atomic E-state index is 0. The highest BCUT2D eigenvalue weighted by atomic mass is 127. The largest absolute Gasteiger partial charge is 0.378 e. The minimum atomic E-state index is 0. The van der Waals surface area contributed by atoms with E-state index in [0.29, 0.717) is 12.5 Å². The molecular weight excluding hydrogens is 421 g/mol.